The first-order valence-corrected chi connectivity index (χ1v) is 39.9. The molecule has 0 fully saturated rings. The van der Waals surface area contributed by atoms with Crippen LogP contribution in [0.1, 0.15) is 0 Å². The molecule has 0 unspecified atom stereocenters. The second kappa shape index (κ2) is 26.2. The van der Waals surface area contributed by atoms with Gasteiger partial charge in [-0.05, 0) is 209 Å². The molecular weight excluding hydrogens is 1390 g/mol. The summed E-state index contributed by atoms with van der Waals surface area (Å²) in [6.45, 7) is 0. The monoisotopic (exact) mass is 1450 g/mol. The zero-order valence-electron chi connectivity index (χ0n) is 59.5. The third kappa shape index (κ3) is 10.8. The molecule has 3 nitrogen and oxygen atoms in total. The number of hydrogen-bond acceptors (Lipinski definition) is 6. The predicted molar refractivity (Wildman–Crippen MR) is 475 cm³/mol. The molecule has 22 aromatic rings. The SMILES string of the molecule is c1cc(-c2cccc3ccccc23)cc(N(c2ccc(-c3cccc4c3sc3ccc(-c5ccc6c(c5)sc5cccc(-c7cccc(N(c8ccc(-c9cccc%10c9oc9ccccc9%10)cc8)c8cccc(-c9cccc%10ccccc9%10)c8)c7)c56)cc34)cc2)c2cccc(-c3cccc4sc5ccccc5c34)c2)c1. The van der Waals surface area contributed by atoms with Crippen molar-refractivity contribution in [3.63, 3.8) is 0 Å². The Kier molecular flexibility index (Phi) is 15.2. The minimum Gasteiger partial charge on any atom is -0.455 e. The summed E-state index contributed by atoms with van der Waals surface area (Å²) >= 11 is 5.62. The Morgan fingerprint density at radius 3 is 1.18 bits per heavy atom. The Labute approximate surface area is 647 Å². The van der Waals surface area contributed by atoms with E-state index in [1.807, 2.05) is 40.1 Å². The van der Waals surface area contributed by atoms with E-state index < -0.39 is 0 Å². The average molecular weight is 1450 g/mol. The maximum atomic E-state index is 6.56. The first-order chi connectivity index (χ1) is 54.5. The van der Waals surface area contributed by atoms with Gasteiger partial charge in [-0.25, -0.2) is 0 Å². The van der Waals surface area contributed by atoms with Crippen LogP contribution >= 0.6 is 34.0 Å². The van der Waals surface area contributed by atoms with Crippen LogP contribution in [-0.4, -0.2) is 0 Å². The molecule has 6 heteroatoms. The fourth-order valence-electron chi connectivity index (χ4n) is 17.1. The van der Waals surface area contributed by atoms with Gasteiger partial charge in [-0.2, -0.15) is 0 Å². The van der Waals surface area contributed by atoms with E-state index in [1.165, 1.54) is 138 Å². The number of thiophene rings is 3. The van der Waals surface area contributed by atoms with Crippen LogP contribution in [0.4, 0.5) is 34.1 Å². The molecule has 18 aromatic carbocycles. The summed E-state index contributed by atoms with van der Waals surface area (Å²) in [6, 6.07) is 143. The Balaban J connectivity index is 0.597. The summed E-state index contributed by atoms with van der Waals surface area (Å²) in [5, 5.41) is 14.8. The van der Waals surface area contributed by atoms with E-state index in [9.17, 15) is 0 Å². The highest BCUT2D eigenvalue weighted by atomic mass is 32.1. The zero-order chi connectivity index (χ0) is 72.3. The largest absolute Gasteiger partial charge is 0.455 e. The van der Waals surface area contributed by atoms with Gasteiger partial charge in [0.15, 0.2) is 0 Å². The molecule has 0 aliphatic rings. The lowest BCUT2D eigenvalue weighted by molar-refractivity contribution is 0.670. The normalized spacial score (nSPS) is 11.8. The smallest absolute Gasteiger partial charge is 0.143 e. The molecule has 514 valence electrons. The molecule has 0 radical (unpaired) electrons. The Morgan fingerprint density at radius 1 is 0.191 bits per heavy atom. The van der Waals surface area contributed by atoms with Gasteiger partial charge in [0.25, 0.3) is 0 Å². The fraction of sp³-hybridized carbons (Fsp3) is 0. The number of rotatable bonds is 13. The van der Waals surface area contributed by atoms with Crippen molar-refractivity contribution >= 4 is 172 Å². The van der Waals surface area contributed by atoms with E-state index in [1.54, 1.807) is 0 Å². The molecule has 4 heterocycles. The highest BCUT2D eigenvalue weighted by Gasteiger charge is 2.23. The van der Waals surface area contributed by atoms with Crippen molar-refractivity contribution in [3.05, 3.63) is 388 Å². The minimum absolute atomic E-state index is 0.895. The molecule has 0 saturated carbocycles. The van der Waals surface area contributed by atoms with E-state index in [-0.39, 0.29) is 0 Å². The zero-order valence-corrected chi connectivity index (χ0v) is 61.9. The highest BCUT2D eigenvalue weighted by Crippen LogP contribution is 2.50. The van der Waals surface area contributed by atoms with Gasteiger partial charge < -0.3 is 14.2 Å². The third-order valence-corrected chi connectivity index (χ3v) is 25.7. The molecule has 0 atom stereocenters. The Bertz CT molecular complexity index is 7430. The molecule has 4 aromatic heterocycles. The van der Waals surface area contributed by atoms with E-state index in [0.717, 1.165) is 78.3 Å². The maximum Gasteiger partial charge on any atom is 0.143 e. The van der Waals surface area contributed by atoms with Crippen molar-refractivity contribution in [2.45, 2.75) is 0 Å². The Morgan fingerprint density at radius 2 is 0.582 bits per heavy atom. The van der Waals surface area contributed by atoms with Gasteiger partial charge in [0.1, 0.15) is 11.2 Å². The number of hydrogen-bond donors (Lipinski definition) is 0. The fourth-order valence-corrected chi connectivity index (χ4v) is 20.6. The van der Waals surface area contributed by atoms with Crippen LogP contribution in [-0.2, 0) is 0 Å². The molecule has 0 amide bonds. The van der Waals surface area contributed by atoms with E-state index in [2.05, 4.69) is 392 Å². The summed E-state index contributed by atoms with van der Waals surface area (Å²) in [7, 11) is 0. The van der Waals surface area contributed by atoms with Crippen molar-refractivity contribution in [3.8, 4) is 77.9 Å². The van der Waals surface area contributed by atoms with Crippen LogP contribution in [0.3, 0.4) is 0 Å². The van der Waals surface area contributed by atoms with E-state index in [0.29, 0.717) is 0 Å². The molecule has 0 bridgehead atoms. The molecule has 0 saturated heterocycles. The van der Waals surface area contributed by atoms with Gasteiger partial charge in [0.05, 0.1) is 0 Å². The van der Waals surface area contributed by atoms with Crippen molar-refractivity contribution in [1.82, 2.24) is 0 Å². The number of fused-ring (bicyclic) bond motifs is 14. The average Bonchev–Trinajstić information content (AvgIpc) is 1.57. The van der Waals surface area contributed by atoms with Crippen LogP contribution in [0.2, 0.25) is 0 Å². The van der Waals surface area contributed by atoms with Gasteiger partial charge in [0.2, 0.25) is 0 Å². The van der Waals surface area contributed by atoms with Crippen LogP contribution in [0.25, 0.3) is 182 Å². The van der Waals surface area contributed by atoms with Crippen molar-refractivity contribution in [1.29, 1.82) is 0 Å². The summed E-state index contributed by atoms with van der Waals surface area (Å²) in [6.07, 6.45) is 0. The van der Waals surface area contributed by atoms with Crippen molar-refractivity contribution in [2.75, 3.05) is 9.80 Å². The van der Waals surface area contributed by atoms with Gasteiger partial charge >= 0.3 is 0 Å². The third-order valence-electron chi connectivity index (χ3n) is 22.2. The van der Waals surface area contributed by atoms with Crippen LogP contribution in [0.15, 0.2) is 393 Å². The summed E-state index contributed by atoms with van der Waals surface area (Å²) in [5.41, 5.74) is 24.8. The minimum atomic E-state index is 0.895. The number of anilines is 6. The van der Waals surface area contributed by atoms with Crippen LogP contribution < -0.4 is 9.80 Å². The quantitative estimate of drug-likeness (QED) is 0.115. The first kappa shape index (κ1) is 63.8. The Hall–Kier alpha value is -13.5. The van der Waals surface area contributed by atoms with Gasteiger partial charge in [0, 0.05) is 111 Å². The molecule has 0 N–H and O–H groups in total. The molecule has 0 aliphatic carbocycles. The summed E-state index contributed by atoms with van der Waals surface area (Å²) < 4.78 is 14.3. The highest BCUT2D eigenvalue weighted by molar-refractivity contribution is 7.27. The summed E-state index contributed by atoms with van der Waals surface area (Å²) in [5.74, 6) is 0. The van der Waals surface area contributed by atoms with Gasteiger partial charge in [-0.1, -0.05) is 273 Å². The van der Waals surface area contributed by atoms with E-state index >= 15 is 0 Å². The lowest BCUT2D eigenvalue weighted by Gasteiger charge is -2.27. The number of furan rings is 1. The molecule has 110 heavy (non-hydrogen) atoms. The topological polar surface area (TPSA) is 19.6 Å². The van der Waals surface area contributed by atoms with Gasteiger partial charge in [-0.15, -0.1) is 34.0 Å². The second-order valence-corrected chi connectivity index (χ2v) is 31.8. The molecule has 0 spiro atoms. The number of para-hydroxylation sites is 2. The van der Waals surface area contributed by atoms with Gasteiger partial charge in [-0.3, -0.25) is 0 Å². The standard InChI is InChI=1S/C104H64N2OS3/c1-3-31-81-65(19-1)21-13-35-83(81)71-23-9-27-77(59-71)105(75-53-47-67(48-54-75)87-39-15-41-90-89-33-5-7-43-95(89)107-103(87)90)80-30-12-26-74(62-80)86-38-18-46-99-102(86)93-57-51-70(64-100(93)109-99)69-52-58-97-94(63-69)91-42-16-40-88(104(91)110-97)68-49-55-76(56-50-68)106(78-28-10-24-72(60-78)84-36-14-22-66-20-2-4-32-82(66)84)79-29-11-25-73(61-79)85-37-17-45-98-101(85)92-34-6-8-44-96(92)108-98/h1-64H. The summed E-state index contributed by atoms with van der Waals surface area (Å²) in [4.78, 5) is 4.84. The molecule has 0 aliphatic heterocycles. The molecular formula is C104H64N2OS3. The lowest BCUT2D eigenvalue weighted by atomic mass is 9.96. The van der Waals surface area contributed by atoms with E-state index in [4.69, 9.17) is 4.42 Å². The maximum absolute atomic E-state index is 6.56. The van der Waals surface area contributed by atoms with Crippen molar-refractivity contribution in [2.24, 2.45) is 0 Å². The van der Waals surface area contributed by atoms with Crippen LogP contribution in [0, 0.1) is 0 Å². The lowest BCUT2D eigenvalue weighted by Crippen LogP contribution is -2.10. The van der Waals surface area contributed by atoms with Crippen LogP contribution in [0.5, 0.6) is 0 Å². The molecule has 22 rings (SSSR count). The first-order valence-electron chi connectivity index (χ1n) is 37.4. The number of benzene rings is 18. The second-order valence-electron chi connectivity index (χ2n) is 28.6. The number of nitrogens with zero attached hydrogens (tertiary/aromatic N) is 2. The van der Waals surface area contributed by atoms with Crippen molar-refractivity contribution < 1.29 is 4.42 Å². The predicted octanol–water partition coefficient (Wildman–Crippen LogP) is 31.6.